The number of halogens is 1. The fourth-order valence-electron chi connectivity index (χ4n) is 3.84. The predicted octanol–water partition coefficient (Wildman–Crippen LogP) is 2.00. The minimum absolute atomic E-state index is 0.0420. The van der Waals surface area contributed by atoms with Crippen LogP contribution in [0.5, 0.6) is 5.75 Å². The monoisotopic (exact) mass is 474 g/mol. The second-order valence-corrected chi connectivity index (χ2v) is 7.87. The SMILES string of the molecule is [2H]C([2H])(Oc1cccc2c1C([2H])([2H])N([C@]1([2H])CCC(=O)NC1=O)C2=O)c1ccc(C([2H])([2H])N2CCOCC2)cc1F. The molecule has 0 aliphatic carbocycles. The Balaban J connectivity index is 1.47. The first-order valence-corrected chi connectivity index (χ1v) is 10.8. The lowest BCUT2D eigenvalue weighted by Gasteiger charge is -2.29. The maximum absolute atomic E-state index is 15.3. The first-order chi connectivity index (χ1) is 19.1. The smallest absolute Gasteiger partial charge is 0.255 e. The molecule has 2 aromatic carbocycles. The normalized spacial score (nSPS) is 28.4. The number of amides is 3. The minimum atomic E-state index is -2.91. The van der Waals surface area contributed by atoms with Gasteiger partial charge in [0.05, 0.1) is 26.6 Å². The van der Waals surface area contributed by atoms with Crippen molar-refractivity contribution in [2.75, 3.05) is 26.3 Å². The Labute approximate surface area is 206 Å². The zero-order chi connectivity index (χ0) is 30.0. The molecule has 3 heterocycles. The van der Waals surface area contributed by atoms with Crippen molar-refractivity contribution in [2.24, 2.45) is 0 Å². The number of ether oxygens (including phenoxy) is 2. The molecule has 0 saturated carbocycles. The zero-order valence-electron chi connectivity index (χ0n) is 25.0. The largest absolute Gasteiger partial charge is 0.488 e. The molecule has 3 aliphatic heterocycles. The van der Waals surface area contributed by atoms with Crippen LogP contribution >= 0.6 is 0 Å². The number of nitrogens with zero attached hydrogens (tertiary/aromatic N) is 2. The Morgan fingerprint density at radius 1 is 1.24 bits per heavy atom. The van der Waals surface area contributed by atoms with E-state index in [1.165, 1.54) is 29.2 Å². The summed E-state index contributed by atoms with van der Waals surface area (Å²) in [6.07, 6.45) is -0.750. The third-order valence-electron chi connectivity index (χ3n) is 5.60. The number of piperidine rings is 1. The number of hydrogen-bond donors (Lipinski definition) is 1. The average Bonchev–Trinajstić information content (AvgIpc) is 3.12. The molecule has 1 atom stereocenters. The maximum atomic E-state index is 15.3. The molecule has 5 rings (SSSR count). The highest BCUT2D eigenvalue weighted by Gasteiger charge is 2.40. The predicted molar refractivity (Wildman–Crippen MR) is 119 cm³/mol. The van der Waals surface area contributed by atoms with Crippen molar-refractivity contribution < 1.29 is 37.8 Å². The molecule has 34 heavy (non-hydrogen) atoms. The Morgan fingerprint density at radius 2 is 2.06 bits per heavy atom. The highest BCUT2D eigenvalue weighted by atomic mass is 19.1. The summed E-state index contributed by atoms with van der Waals surface area (Å²) in [5.41, 5.74) is -1.37. The molecule has 0 radical (unpaired) electrons. The van der Waals surface area contributed by atoms with Crippen molar-refractivity contribution in [3.8, 4) is 5.75 Å². The van der Waals surface area contributed by atoms with Gasteiger partial charge >= 0.3 is 0 Å². The molecule has 1 N–H and O–H groups in total. The van der Waals surface area contributed by atoms with E-state index in [1.807, 2.05) is 5.32 Å². The first-order valence-electron chi connectivity index (χ1n) is 14.3. The van der Waals surface area contributed by atoms with Gasteiger partial charge in [0.1, 0.15) is 24.1 Å². The zero-order valence-corrected chi connectivity index (χ0v) is 18.0. The van der Waals surface area contributed by atoms with Crippen molar-refractivity contribution in [1.82, 2.24) is 15.1 Å². The van der Waals surface area contributed by atoms with E-state index in [9.17, 15) is 14.4 Å². The van der Waals surface area contributed by atoms with E-state index in [0.717, 1.165) is 12.1 Å². The lowest BCUT2D eigenvalue weighted by Crippen LogP contribution is -2.52. The van der Waals surface area contributed by atoms with Crippen LogP contribution in [-0.2, 0) is 33.9 Å². The third kappa shape index (κ3) is 4.53. The van der Waals surface area contributed by atoms with E-state index >= 15 is 4.39 Å². The number of fused-ring (bicyclic) bond motifs is 1. The number of imide groups is 1. The summed E-state index contributed by atoms with van der Waals surface area (Å²) in [5, 5.41) is 1.95. The number of carbonyl (C=O) groups is 3. The van der Waals surface area contributed by atoms with Crippen molar-refractivity contribution in [2.45, 2.75) is 38.4 Å². The summed E-state index contributed by atoms with van der Waals surface area (Å²) >= 11 is 0. The van der Waals surface area contributed by atoms with Gasteiger partial charge in [-0.25, -0.2) is 4.39 Å². The number of morpholine rings is 1. The molecule has 8 nitrogen and oxygen atoms in total. The van der Waals surface area contributed by atoms with E-state index in [0.29, 0.717) is 18.1 Å². The molecule has 3 aliphatic rings. The van der Waals surface area contributed by atoms with Crippen molar-refractivity contribution in [1.29, 1.82) is 0 Å². The van der Waals surface area contributed by atoms with Gasteiger partial charge in [0.15, 0.2) is 0 Å². The molecule has 2 aromatic rings. The average molecular weight is 475 g/mol. The van der Waals surface area contributed by atoms with Crippen LogP contribution in [0.3, 0.4) is 0 Å². The quantitative estimate of drug-likeness (QED) is 0.645. The Morgan fingerprint density at radius 3 is 2.82 bits per heavy atom. The fraction of sp³-hybridized carbons (Fsp3) is 0.400. The van der Waals surface area contributed by atoms with Crippen LogP contribution in [0.15, 0.2) is 36.4 Å². The number of rotatable bonds is 6. The van der Waals surface area contributed by atoms with Crippen LogP contribution in [0.1, 0.15) is 49.5 Å². The number of hydrogen-bond acceptors (Lipinski definition) is 6. The molecular formula is C25H26FN3O5. The Hall–Kier alpha value is -3.30. The van der Waals surface area contributed by atoms with E-state index < -0.39 is 72.4 Å². The van der Waals surface area contributed by atoms with E-state index in [-0.39, 0.29) is 30.6 Å². The topological polar surface area (TPSA) is 88.2 Å². The van der Waals surface area contributed by atoms with Gasteiger partial charge in [-0.2, -0.15) is 0 Å². The van der Waals surface area contributed by atoms with Crippen LogP contribution in [0.2, 0.25) is 0 Å². The molecule has 0 aromatic heterocycles. The van der Waals surface area contributed by atoms with Gasteiger partial charge in [0.25, 0.3) is 5.91 Å². The van der Waals surface area contributed by atoms with Crippen LogP contribution in [0.4, 0.5) is 4.39 Å². The summed E-state index contributed by atoms with van der Waals surface area (Å²) in [7, 11) is 0. The lowest BCUT2D eigenvalue weighted by atomic mass is 10.0. The summed E-state index contributed by atoms with van der Waals surface area (Å²) in [5.74, 6) is -4.43. The van der Waals surface area contributed by atoms with Crippen molar-refractivity contribution in [3.63, 3.8) is 0 Å². The first kappa shape index (κ1) is 15.6. The second kappa shape index (κ2) is 9.52. The van der Waals surface area contributed by atoms with Gasteiger partial charge in [-0.05, 0) is 30.2 Å². The number of nitrogens with one attached hydrogen (secondary N) is 1. The molecule has 3 amide bonds. The number of benzene rings is 2. The summed E-state index contributed by atoms with van der Waals surface area (Å²) in [6, 6.07) is 4.39. The Kier molecular flexibility index (Phi) is 4.36. The van der Waals surface area contributed by atoms with Crippen LogP contribution < -0.4 is 10.1 Å². The van der Waals surface area contributed by atoms with Gasteiger partial charge < -0.3 is 14.4 Å². The molecule has 178 valence electrons. The summed E-state index contributed by atoms with van der Waals surface area (Å²) in [6.45, 7) is -6.61. The summed E-state index contributed by atoms with van der Waals surface area (Å²) < 4.78 is 85.9. The fourth-order valence-corrected chi connectivity index (χ4v) is 3.84. The van der Waals surface area contributed by atoms with Gasteiger partial charge in [-0.3, -0.25) is 24.6 Å². The minimum Gasteiger partial charge on any atom is -0.488 e. The standard InChI is InChI=1S/C25H26FN3O5/c26-20-12-16(13-28-8-10-33-11-9-28)4-5-17(20)15-34-22-3-1-2-18-19(22)14-29(25(18)32)21-6-7-23(30)27-24(21)31/h1-5,12,21H,6-11,13-15H2,(H,27,30,31)/t21-/m1/s1/i13D2,14D2,15D2,21D. The molecule has 2 fully saturated rings. The van der Waals surface area contributed by atoms with E-state index in [4.69, 9.17) is 19.1 Å². The highest BCUT2D eigenvalue weighted by molar-refractivity contribution is 6.05. The molecular weight excluding hydrogens is 441 g/mol. The molecule has 0 unspecified atom stereocenters. The summed E-state index contributed by atoms with van der Waals surface area (Å²) in [4.78, 5) is 39.4. The van der Waals surface area contributed by atoms with Crippen LogP contribution in [0, 0.1) is 5.82 Å². The maximum Gasteiger partial charge on any atom is 0.255 e. The van der Waals surface area contributed by atoms with E-state index in [2.05, 4.69) is 0 Å². The molecule has 2 saturated heterocycles. The van der Waals surface area contributed by atoms with Gasteiger partial charge in [0.2, 0.25) is 11.8 Å². The number of carbonyl (C=O) groups excluding carboxylic acids is 3. The van der Waals surface area contributed by atoms with E-state index in [1.54, 1.807) is 0 Å². The second-order valence-electron chi connectivity index (χ2n) is 7.87. The van der Waals surface area contributed by atoms with Crippen LogP contribution in [0.25, 0.3) is 0 Å². The molecule has 0 bridgehead atoms. The molecule has 0 spiro atoms. The highest BCUT2D eigenvalue weighted by Crippen LogP contribution is 2.34. The van der Waals surface area contributed by atoms with Crippen molar-refractivity contribution in [3.05, 3.63) is 64.5 Å². The van der Waals surface area contributed by atoms with Gasteiger partial charge in [-0.1, -0.05) is 18.2 Å². The molecule has 9 heteroatoms. The Bertz CT molecular complexity index is 1440. The third-order valence-corrected chi connectivity index (χ3v) is 5.60. The van der Waals surface area contributed by atoms with Gasteiger partial charge in [0, 0.05) is 45.4 Å². The van der Waals surface area contributed by atoms with Gasteiger partial charge in [-0.15, -0.1) is 0 Å². The van der Waals surface area contributed by atoms with Crippen LogP contribution in [-0.4, -0.2) is 59.8 Å². The van der Waals surface area contributed by atoms with Crippen molar-refractivity contribution >= 4 is 17.7 Å². The lowest BCUT2D eigenvalue weighted by molar-refractivity contribution is -0.136.